The number of hydrogen-bond acceptors (Lipinski definition) is 7. The summed E-state index contributed by atoms with van der Waals surface area (Å²) < 4.78 is 11.1. The van der Waals surface area contributed by atoms with Crippen molar-refractivity contribution >= 4 is 51.0 Å². The molecule has 0 radical (unpaired) electrons. The van der Waals surface area contributed by atoms with Gasteiger partial charge in [0, 0.05) is 6.08 Å². The Bertz CT molecular complexity index is 990. The number of para-hydroxylation sites is 1. The summed E-state index contributed by atoms with van der Waals surface area (Å²) in [4.78, 5) is 23.2. The minimum absolute atomic E-state index is 0.200. The van der Waals surface area contributed by atoms with Crippen LogP contribution >= 0.6 is 27.7 Å². The van der Waals surface area contributed by atoms with Gasteiger partial charge in [0.1, 0.15) is 11.5 Å². The number of carbonyl (C=O) groups excluding carboxylic acids is 2. The number of hydrogen-bond donors (Lipinski definition) is 1. The van der Waals surface area contributed by atoms with E-state index in [1.165, 1.54) is 7.11 Å². The van der Waals surface area contributed by atoms with Gasteiger partial charge in [-0.25, -0.2) is 4.79 Å². The van der Waals surface area contributed by atoms with E-state index in [0.717, 1.165) is 33.6 Å². The number of halogens is 1. The molecular weight excluding hydrogens is 446 g/mol. The molecule has 0 bridgehead atoms. The van der Waals surface area contributed by atoms with Crippen molar-refractivity contribution < 1.29 is 19.1 Å². The first-order chi connectivity index (χ1) is 13.5. The molecule has 0 aliphatic carbocycles. The SMILES string of the molecule is COC(=O)/C=C1/S/C(=N\N=Cc2ccc(Oc3ccccc3)c(Br)c2)NC1=O. The molecular formula is C19H14BrN3O4S. The first-order valence-corrected chi connectivity index (χ1v) is 9.58. The molecule has 9 heteroatoms. The molecule has 7 nitrogen and oxygen atoms in total. The number of carbonyl (C=O) groups is 2. The number of nitrogens with zero attached hydrogens (tertiary/aromatic N) is 2. The lowest BCUT2D eigenvalue weighted by Crippen LogP contribution is -2.19. The summed E-state index contributed by atoms with van der Waals surface area (Å²) in [5, 5.41) is 10.7. The number of rotatable bonds is 5. The number of benzene rings is 2. The summed E-state index contributed by atoms with van der Waals surface area (Å²) in [6.07, 6.45) is 2.65. The second kappa shape index (κ2) is 9.34. The third-order valence-electron chi connectivity index (χ3n) is 3.38. The largest absolute Gasteiger partial charge is 0.466 e. The first-order valence-electron chi connectivity index (χ1n) is 7.97. The quantitative estimate of drug-likeness (QED) is 0.317. The van der Waals surface area contributed by atoms with E-state index in [2.05, 4.69) is 36.2 Å². The molecule has 1 aliphatic heterocycles. The van der Waals surface area contributed by atoms with Crippen molar-refractivity contribution in [3.05, 3.63) is 69.5 Å². The number of thioether (sulfide) groups is 1. The molecule has 1 amide bonds. The van der Waals surface area contributed by atoms with Crippen LogP contribution in [0.4, 0.5) is 0 Å². The fourth-order valence-corrected chi connectivity index (χ4v) is 3.30. The fraction of sp³-hybridized carbons (Fsp3) is 0.0526. The van der Waals surface area contributed by atoms with E-state index in [1.807, 2.05) is 48.5 Å². The lowest BCUT2D eigenvalue weighted by molar-refractivity contribution is -0.135. The highest BCUT2D eigenvalue weighted by atomic mass is 79.9. The number of methoxy groups -OCH3 is 1. The van der Waals surface area contributed by atoms with Gasteiger partial charge in [0.2, 0.25) is 0 Å². The zero-order chi connectivity index (χ0) is 19.9. The summed E-state index contributed by atoms with van der Waals surface area (Å²) >= 11 is 4.48. The molecule has 0 atom stereocenters. The molecule has 142 valence electrons. The number of nitrogens with one attached hydrogen (secondary N) is 1. The second-order valence-electron chi connectivity index (χ2n) is 5.34. The van der Waals surface area contributed by atoms with E-state index >= 15 is 0 Å². The Morgan fingerprint density at radius 2 is 2.00 bits per heavy atom. The van der Waals surface area contributed by atoms with Crippen LogP contribution in [0.3, 0.4) is 0 Å². The van der Waals surface area contributed by atoms with Crippen LogP contribution in [0.1, 0.15) is 5.56 Å². The number of amides is 1. The average Bonchev–Trinajstić information content (AvgIpc) is 3.04. The Labute approximate surface area is 173 Å². The number of ether oxygens (including phenoxy) is 2. The van der Waals surface area contributed by atoms with Crippen LogP contribution in [-0.4, -0.2) is 30.4 Å². The predicted molar refractivity (Wildman–Crippen MR) is 112 cm³/mol. The van der Waals surface area contributed by atoms with Crippen molar-refractivity contribution in [1.29, 1.82) is 0 Å². The van der Waals surface area contributed by atoms with Crippen LogP contribution in [0.15, 0.2) is 74.2 Å². The summed E-state index contributed by atoms with van der Waals surface area (Å²) in [6, 6.07) is 14.9. The predicted octanol–water partition coefficient (Wildman–Crippen LogP) is 3.85. The smallest absolute Gasteiger partial charge is 0.331 e. The first kappa shape index (κ1) is 19.8. The Kier molecular flexibility index (Phi) is 6.62. The van der Waals surface area contributed by atoms with E-state index < -0.39 is 11.9 Å². The van der Waals surface area contributed by atoms with Crippen LogP contribution in [-0.2, 0) is 14.3 Å². The highest BCUT2D eigenvalue weighted by Gasteiger charge is 2.24. The standard InChI is InChI=1S/C19H14BrN3O4S/c1-26-17(24)10-16-18(25)22-19(28-16)23-21-11-12-7-8-15(14(20)9-12)27-13-5-3-2-4-6-13/h2-11H,1H3,(H,22,23,25)/b16-10+,21-11?. The number of esters is 1. The van der Waals surface area contributed by atoms with Crippen molar-refractivity contribution in [3.8, 4) is 11.5 Å². The van der Waals surface area contributed by atoms with Gasteiger partial charge in [-0.05, 0) is 63.6 Å². The molecule has 0 saturated carbocycles. The molecule has 0 aromatic heterocycles. The van der Waals surface area contributed by atoms with Crippen molar-refractivity contribution in [3.63, 3.8) is 0 Å². The minimum atomic E-state index is -0.606. The van der Waals surface area contributed by atoms with Crippen molar-refractivity contribution in [1.82, 2.24) is 5.32 Å². The zero-order valence-corrected chi connectivity index (χ0v) is 17.0. The van der Waals surface area contributed by atoms with Crippen LogP contribution < -0.4 is 10.1 Å². The molecule has 1 fully saturated rings. The average molecular weight is 460 g/mol. The molecule has 2 aromatic rings. The van der Waals surface area contributed by atoms with Crippen LogP contribution in [0.2, 0.25) is 0 Å². The van der Waals surface area contributed by atoms with Gasteiger partial charge in [0.25, 0.3) is 5.91 Å². The number of amidine groups is 1. The summed E-state index contributed by atoms with van der Waals surface area (Å²) in [6.45, 7) is 0. The molecule has 2 aromatic carbocycles. The molecule has 1 saturated heterocycles. The Balaban J connectivity index is 1.65. The van der Waals surface area contributed by atoms with Gasteiger partial charge in [-0.15, -0.1) is 5.10 Å². The topological polar surface area (TPSA) is 89.3 Å². The molecule has 0 spiro atoms. The second-order valence-corrected chi connectivity index (χ2v) is 7.23. The third-order valence-corrected chi connectivity index (χ3v) is 4.90. The third kappa shape index (κ3) is 5.30. The molecule has 1 N–H and O–H groups in total. The highest BCUT2D eigenvalue weighted by molar-refractivity contribution is 9.10. The molecule has 1 heterocycles. The van der Waals surface area contributed by atoms with Gasteiger partial charge >= 0.3 is 5.97 Å². The van der Waals surface area contributed by atoms with Gasteiger partial charge in [0.15, 0.2) is 5.17 Å². The van der Waals surface area contributed by atoms with E-state index in [-0.39, 0.29) is 10.1 Å². The summed E-state index contributed by atoms with van der Waals surface area (Å²) in [7, 11) is 1.24. The lowest BCUT2D eigenvalue weighted by atomic mass is 10.2. The van der Waals surface area contributed by atoms with Crippen LogP contribution in [0, 0.1) is 0 Å². The monoisotopic (exact) mass is 459 g/mol. The minimum Gasteiger partial charge on any atom is -0.466 e. The zero-order valence-electron chi connectivity index (χ0n) is 14.6. The van der Waals surface area contributed by atoms with E-state index in [0.29, 0.717) is 5.75 Å². The Hall–Kier alpha value is -2.91. The molecule has 1 aliphatic rings. The summed E-state index contributed by atoms with van der Waals surface area (Å²) in [5.74, 6) is 0.381. The van der Waals surface area contributed by atoms with Crippen LogP contribution in [0.25, 0.3) is 0 Å². The van der Waals surface area contributed by atoms with Gasteiger partial charge in [0.05, 0.1) is 22.7 Å². The van der Waals surface area contributed by atoms with Crippen molar-refractivity contribution in [2.45, 2.75) is 0 Å². The van der Waals surface area contributed by atoms with Gasteiger partial charge in [-0.3, -0.25) is 10.1 Å². The molecule has 3 rings (SSSR count). The Morgan fingerprint density at radius 1 is 1.21 bits per heavy atom. The Morgan fingerprint density at radius 3 is 2.71 bits per heavy atom. The normalized spacial score (nSPS) is 16.6. The fourth-order valence-electron chi connectivity index (χ4n) is 2.08. The lowest BCUT2D eigenvalue weighted by Gasteiger charge is -2.07. The van der Waals surface area contributed by atoms with Gasteiger partial charge < -0.3 is 9.47 Å². The van der Waals surface area contributed by atoms with Gasteiger partial charge in [-0.2, -0.15) is 5.10 Å². The highest BCUT2D eigenvalue weighted by Crippen LogP contribution is 2.30. The maximum atomic E-state index is 11.7. The van der Waals surface area contributed by atoms with E-state index in [9.17, 15) is 9.59 Å². The van der Waals surface area contributed by atoms with E-state index in [1.54, 1.807) is 6.21 Å². The van der Waals surface area contributed by atoms with Crippen LogP contribution in [0.5, 0.6) is 11.5 Å². The van der Waals surface area contributed by atoms with E-state index in [4.69, 9.17) is 4.74 Å². The summed E-state index contributed by atoms with van der Waals surface area (Å²) in [5.41, 5.74) is 0.788. The maximum Gasteiger partial charge on any atom is 0.331 e. The maximum absolute atomic E-state index is 11.7. The van der Waals surface area contributed by atoms with Gasteiger partial charge in [-0.1, -0.05) is 18.2 Å². The van der Waals surface area contributed by atoms with Crippen molar-refractivity contribution in [2.24, 2.45) is 10.2 Å². The van der Waals surface area contributed by atoms with Crippen molar-refractivity contribution in [2.75, 3.05) is 7.11 Å². The molecule has 0 unspecified atom stereocenters. The molecule has 28 heavy (non-hydrogen) atoms.